The maximum Gasteiger partial charge on any atom is 0.341 e. The minimum Gasteiger partial charge on any atom is -0.477 e. The molecule has 0 aliphatic heterocycles. The van der Waals surface area contributed by atoms with Crippen LogP contribution in [0.1, 0.15) is 42.1 Å². The lowest BCUT2D eigenvalue weighted by Crippen LogP contribution is -2.31. The molecule has 1 N–H and O–H groups in total. The fourth-order valence-corrected chi connectivity index (χ4v) is 2.49. The molecule has 18 heavy (non-hydrogen) atoms. The van der Waals surface area contributed by atoms with Crippen molar-refractivity contribution < 1.29 is 9.90 Å². The standard InChI is InChI=1S/C13H14N2O3/c14-8-9-3-1-4-10(7-9)15-6-2-5-11(12(15)16)13(17)18/h2,5-6,9-10H,1,3-4,7H2,(H,17,18)/t9-,10?/m1/s1. The van der Waals surface area contributed by atoms with Gasteiger partial charge in [-0.2, -0.15) is 5.26 Å². The Kier molecular flexibility index (Phi) is 3.47. The van der Waals surface area contributed by atoms with Crippen molar-refractivity contribution in [2.75, 3.05) is 0 Å². The zero-order chi connectivity index (χ0) is 13.1. The monoisotopic (exact) mass is 246 g/mol. The normalized spacial score (nSPS) is 23.3. The van der Waals surface area contributed by atoms with Crippen LogP contribution in [-0.2, 0) is 0 Å². The second-order valence-corrected chi connectivity index (χ2v) is 4.59. The molecule has 1 aliphatic rings. The molecule has 5 heteroatoms. The first-order valence-electron chi connectivity index (χ1n) is 5.97. The van der Waals surface area contributed by atoms with Gasteiger partial charge in [0.05, 0.1) is 6.07 Å². The quantitative estimate of drug-likeness (QED) is 0.862. The summed E-state index contributed by atoms with van der Waals surface area (Å²) in [7, 11) is 0. The average molecular weight is 246 g/mol. The number of nitriles is 1. The first-order chi connectivity index (χ1) is 8.63. The van der Waals surface area contributed by atoms with Gasteiger partial charge in [-0.15, -0.1) is 0 Å². The predicted octanol–water partition coefficient (Wildman–Crippen LogP) is 1.80. The molecular weight excluding hydrogens is 232 g/mol. The Labute approximate surface area is 104 Å². The molecular formula is C13H14N2O3. The molecule has 1 aromatic heterocycles. The highest BCUT2D eigenvalue weighted by atomic mass is 16.4. The van der Waals surface area contributed by atoms with Crippen LogP contribution in [0.25, 0.3) is 0 Å². The van der Waals surface area contributed by atoms with Crippen LogP contribution in [0.15, 0.2) is 23.1 Å². The Morgan fingerprint density at radius 3 is 2.94 bits per heavy atom. The zero-order valence-corrected chi connectivity index (χ0v) is 9.87. The van der Waals surface area contributed by atoms with Crippen molar-refractivity contribution in [3.8, 4) is 6.07 Å². The third kappa shape index (κ3) is 2.28. The molecule has 0 saturated heterocycles. The number of rotatable bonds is 2. The highest BCUT2D eigenvalue weighted by Crippen LogP contribution is 2.31. The Morgan fingerprint density at radius 2 is 2.28 bits per heavy atom. The maximum atomic E-state index is 12.0. The lowest BCUT2D eigenvalue weighted by atomic mass is 9.86. The lowest BCUT2D eigenvalue weighted by Gasteiger charge is -2.27. The molecule has 0 spiro atoms. The summed E-state index contributed by atoms with van der Waals surface area (Å²) in [4.78, 5) is 22.9. The van der Waals surface area contributed by atoms with Gasteiger partial charge < -0.3 is 9.67 Å². The average Bonchev–Trinajstić information content (AvgIpc) is 2.38. The molecule has 2 atom stereocenters. The smallest absolute Gasteiger partial charge is 0.341 e. The molecule has 1 aliphatic carbocycles. The van der Waals surface area contributed by atoms with E-state index in [1.54, 1.807) is 12.3 Å². The van der Waals surface area contributed by atoms with Crippen molar-refractivity contribution in [3.05, 3.63) is 34.2 Å². The molecule has 0 radical (unpaired) electrons. The number of pyridine rings is 1. The number of carbonyl (C=O) groups is 1. The van der Waals surface area contributed by atoms with Crippen molar-refractivity contribution in [1.82, 2.24) is 4.57 Å². The van der Waals surface area contributed by atoms with Gasteiger partial charge in [0, 0.05) is 18.2 Å². The molecule has 1 aromatic rings. The fraction of sp³-hybridized carbons (Fsp3) is 0.462. The molecule has 94 valence electrons. The van der Waals surface area contributed by atoms with Crippen LogP contribution in [0.4, 0.5) is 0 Å². The molecule has 1 saturated carbocycles. The number of carboxylic acids is 1. The second kappa shape index (κ2) is 5.05. The van der Waals surface area contributed by atoms with E-state index in [-0.39, 0.29) is 17.5 Å². The van der Waals surface area contributed by atoms with E-state index < -0.39 is 11.5 Å². The highest BCUT2D eigenvalue weighted by molar-refractivity contribution is 5.86. The van der Waals surface area contributed by atoms with E-state index in [2.05, 4.69) is 6.07 Å². The summed E-state index contributed by atoms with van der Waals surface area (Å²) in [5, 5.41) is 17.9. The van der Waals surface area contributed by atoms with Crippen LogP contribution in [0.5, 0.6) is 0 Å². The van der Waals surface area contributed by atoms with Crippen molar-refractivity contribution in [2.24, 2.45) is 5.92 Å². The number of aromatic carboxylic acids is 1. The fourth-order valence-electron chi connectivity index (χ4n) is 2.49. The van der Waals surface area contributed by atoms with Crippen molar-refractivity contribution >= 4 is 5.97 Å². The Hall–Kier alpha value is -2.09. The molecule has 0 bridgehead atoms. The minimum absolute atomic E-state index is 0.0378. The van der Waals surface area contributed by atoms with Gasteiger partial charge in [-0.3, -0.25) is 4.79 Å². The Morgan fingerprint density at radius 1 is 1.50 bits per heavy atom. The largest absolute Gasteiger partial charge is 0.477 e. The van der Waals surface area contributed by atoms with Gasteiger partial charge in [0.2, 0.25) is 0 Å². The number of aromatic nitrogens is 1. The number of hydrogen-bond acceptors (Lipinski definition) is 3. The molecule has 5 nitrogen and oxygen atoms in total. The van der Waals surface area contributed by atoms with Crippen LogP contribution < -0.4 is 5.56 Å². The summed E-state index contributed by atoms with van der Waals surface area (Å²) in [5.41, 5.74) is -0.690. The third-order valence-corrected chi connectivity index (χ3v) is 3.43. The van der Waals surface area contributed by atoms with Gasteiger partial charge >= 0.3 is 5.97 Å². The Balaban J connectivity index is 2.34. The molecule has 2 rings (SSSR count). The van der Waals surface area contributed by atoms with Crippen molar-refractivity contribution in [2.45, 2.75) is 31.7 Å². The van der Waals surface area contributed by atoms with E-state index in [0.717, 1.165) is 19.3 Å². The van der Waals surface area contributed by atoms with Gasteiger partial charge in [-0.05, 0) is 31.4 Å². The molecule has 1 unspecified atom stereocenters. The van der Waals surface area contributed by atoms with Gasteiger partial charge in [0.1, 0.15) is 5.56 Å². The molecule has 1 heterocycles. The summed E-state index contributed by atoms with van der Waals surface area (Å²) in [5.74, 6) is -1.24. The van der Waals surface area contributed by atoms with E-state index in [1.165, 1.54) is 10.6 Å². The van der Waals surface area contributed by atoms with E-state index in [0.29, 0.717) is 6.42 Å². The predicted molar refractivity (Wildman–Crippen MR) is 64.3 cm³/mol. The van der Waals surface area contributed by atoms with Crippen LogP contribution in [0.3, 0.4) is 0 Å². The van der Waals surface area contributed by atoms with Crippen LogP contribution >= 0.6 is 0 Å². The van der Waals surface area contributed by atoms with E-state index >= 15 is 0 Å². The second-order valence-electron chi connectivity index (χ2n) is 4.59. The summed E-state index contributed by atoms with van der Waals surface area (Å²) < 4.78 is 1.47. The van der Waals surface area contributed by atoms with E-state index in [9.17, 15) is 9.59 Å². The molecule has 0 aromatic carbocycles. The zero-order valence-electron chi connectivity index (χ0n) is 9.87. The minimum atomic E-state index is -1.21. The van der Waals surface area contributed by atoms with Crippen molar-refractivity contribution in [3.63, 3.8) is 0 Å². The highest BCUT2D eigenvalue weighted by Gasteiger charge is 2.24. The first kappa shape index (κ1) is 12.4. The Bertz CT molecular complexity index is 556. The third-order valence-electron chi connectivity index (χ3n) is 3.43. The summed E-state index contributed by atoms with van der Waals surface area (Å²) in [6.45, 7) is 0. The van der Waals surface area contributed by atoms with Crippen LogP contribution in [-0.4, -0.2) is 15.6 Å². The first-order valence-corrected chi connectivity index (χ1v) is 5.97. The van der Waals surface area contributed by atoms with Gasteiger partial charge in [0.15, 0.2) is 0 Å². The summed E-state index contributed by atoms with van der Waals surface area (Å²) in [6, 6.07) is 5.05. The summed E-state index contributed by atoms with van der Waals surface area (Å²) in [6.07, 6.45) is 4.81. The number of nitrogens with zero attached hydrogens (tertiary/aromatic N) is 2. The molecule has 0 amide bonds. The van der Waals surface area contributed by atoms with E-state index in [1.807, 2.05) is 0 Å². The van der Waals surface area contributed by atoms with Crippen LogP contribution in [0, 0.1) is 17.2 Å². The maximum absolute atomic E-state index is 12.0. The summed E-state index contributed by atoms with van der Waals surface area (Å²) >= 11 is 0. The van der Waals surface area contributed by atoms with Gasteiger partial charge in [-0.25, -0.2) is 4.79 Å². The van der Waals surface area contributed by atoms with Crippen molar-refractivity contribution in [1.29, 1.82) is 5.26 Å². The van der Waals surface area contributed by atoms with Gasteiger partial charge in [-0.1, -0.05) is 6.42 Å². The number of hydrogen-bond donors (Lipinski definition) is 1. The lowest BCUT2D eigenvalue weighted by molar-refractivity contribution is 0.0693. The van der Waals surface area contributed by atoms with Crippen LogP contribution in [0.2, 0.25) is 0 Å². The van der Waals surface area contributed by atoms with Gasteiger partial charge in [0.25, 0.3) is 5.56 Å². The molecule has 1 fully saturated rings. The number of carboxylic acid groups (broad SMARTS) is 1. The van der Waals surface area contributed by atoms with E-state index in [4.69, 9.17) is 10.4 Å². The SMILES string of the molecule is N#C[C@@H]1CCCC(n2cccc(C(=O)O)c2=O)C1. The topological polar surface area (TPSA) is 83.1 Å².